The summed E-state index contributed by atoms with van der Waals surface area (Å²) in [4.78, 5) is 26.2. The Morgan fingerprint density at radius 1 is 1.35 bits per heavy atom. The van der Waals surface area contributed by atoms with Gasteiger partial charge in [0.25, 0.3) is 5.91 Å². The molecule has 0 aromatic heterocycles. The number of nitrogen functional groups attached to an aromatic ring is 1. The Morgan fingerprint density at radius 3 is 2.50 bits per heavy atom. The first-order valence-electron chi connectivity index (χ1n) is 6.02. The molecule has 0 unspecified atom stereocenters. The topological polar surface area (TPSA) is 105 Å². The molecule has 3 N–H and O–H groups in total. The normalized spacial score (nSPS) is 10.4. The van der Waals surface area contributed by atoms with Crippen molar-refractivity contribution in [3.05, 3.63) is 33.9 Å². The largest absolute Gasteiger partial charge is 0.340 e. The third-order valence-corrected chi connectivity index (χ3v) is 2.83. The number of carbonyl (C=O) groups excluding carboxylic acids is 1. The summed E-state index contributed by atoms with van der Waals surface area (Å²) in [7, 11) is 5.39. The molecule has 0 saturated heterocycles. The van der Waals surface area contributed by atoms with Crippen LogP contribution in [0.15, 0.2) is 18.2 Å². The first kappa shape index (κ1) is 15.9. The maximum absolute atomic E-state index is 12.3. The maximum atomic E-state index is 12.3. The van der Waals surface area contributed by atoms with Crippen LogP contribution in [-0.4, -0.2) is 54.9 Å². The van der Waals surface area contributed by atoms with E-state index in [2.05, 4.69) is 5.43 Å². The molecule has 1 aromatic rings. The van der Waals surface area contributed by atoms with Gasteiger partial charge < -0.3 is 15.2 Å². The number of para-hydroxylation sites is 1. The number of nitrogens with zero attached hydrogens (tertiary/aromatic N) is 3. The molecule has 8 nitrogen and oxygen atoms in total. The van der Waals surface area contributed by atoms with E-state index < -0.39 is 10.8 Å². The van der Waals surface area contributed by atoms with E-state index in [1.54, 1.807) is 13.1 Å². The van der Waals surface area contributed by atoms with Crippen LogP contribution < -0.4 is 11.3 Å². The van der Waals surface area contributed by atoms with E-state index in [4.69, 9.17) is 5.84 Å². The van der Waals surface area contributed by atoms with Gasteiger partial charge in [0.1, 0.15) is 11.3 Å². The SMILES string of the molecule is CN(C)CCN(C)C(=O)c1cccc(NN)c1[N+](=O)[O-]. The van der Waals surface area contributed by atoms with Crippen molar-refractivity contribution in [3.63, 3.8) is 0 Å². The van der Waals surface area contributed by atoms with Gasteiger partial charge in [-0.15, -0.1) is 0 Å². The number of benzene rings is 1. The van der Waals surface area contributed by atoms with E-state index in [0.29, 0.717) is 13.1 Å². The number of rotatable bonds is 6. The number of nitro groups is 1. The van der Waals surface area contributed by atoms with Crippen molar-refractivity contribution in [1.82, 2.24) is 9.80 Å². The van der Waals surface area contributed by atoms with Gasteiger partial charge in [0.05, 0.1) is 4.92 Å². The van der Waals surface area contributed by atoms with E-state index in [1.165, 1.54) is 17.0 Å². The standard InChI is InChI=1S/C12H19N5O3/c1-15(2)7-8-16(3)12(18)9-5-4-6-10(14-13)11(9)17(19)20/h4-6,14H,7-8,13H2,1-3H3. The summed E-state index contributed by atoms with van der Waals surface area (Å²) in [5, 5.41) is 11.1. The molecule has 0 radical (unpaired) electrons. The van der Waals surface area contributed by atoms with Crippen LogP contribution in [0.25, 0.3) is 0 Å². The van der Waals surface area contributed by atoms with E-state index in [0.717, 1.165) is 0 Å². The van der Waals surface area contributed by atoms with E-state index >= 15 is 0 Å². The number of anilines is 1. The van der Waals surface area contributed by atoms with Crippen LogP contribution in [0.5, 0.6) is 0 Å². The summed E-state index contributed by atoms with van der Waals surface area (Å²) in [5.41, 5.74) is 2.07. The molecule has 0 aliphatic heterocycles. The lowest BCUT2D eigenvalue weighted by Crippen LogP contribution is -2.34. The van der Waals surface area contributed by atoms with Crippen molar-refractivity contribution in [3.8, 4) is 0 Å². The molecule has 1 aromatic carbocycles. The predicted octanol–water partition coefficient (Wildman–Crippen LogP) is 0.514. The molecule has 0 atom stereocenters. The molecule has 8 heteroatoms. The zero-order valence-electron chi connectivity index (χ0n) is 11.8. The van der Waals surface area contributed by atoms with Gasteiger partial charge in [-0.2, -0.15) is 0 Å². The Bertz CT molecular complexity index is 504. The molecule has 1 rings (SSSR count). The van der Waals surface area contributed by atoms with Gasteiger partial charge in [0.2, 0.25) is 0 Å². The van der Waals surface area contributed by atoms with Crippen LogP contribution in [0, 0.1) is 10.1 Å². The van der Waals surface area contributed by atoms with E-state index in [-0.39, 0.29) is 16.9 Å². The molecule has 0 fully saturated rings. The monoisotopic (exact) mass is 281 g/mol. The summed E-state index contributed by atoms with van der Waals surface area (Å²) in [6, 6.07) is 4.43. The molecule has 0 aliphatic rings. The Morgan fingerprint density at radius 2 is 2.00 bits per heavy atom. The predicted molar refractivity (Wildman–Crippen MR) is 76.4 cm³/mol. The Hall–Kier alpha value is -2.19. The van der Waals surface area contributed by atoms with Crippen LogP contribution in [0.3, 0.4) is 0 Å². The van der Waals surface area contributed by atoms with E-state index in [1.807, 2.05) is 19.0 Å². The minimum Gasteiger partial charge on any atom is -0.340 e. The van der Waals surface area contributed by atoms with Crippen molar-refractivity contribution in [1.29, 1.82) is 0 Å². The summed E-state index contributed by atoms with van der Waals surface area (Å²) in [6.07, 6.45) is 0. The van der Waals surface area contributed by atoms with Crippen molar-refractivity contribution in [2.24, 2.45) is 5.84 Å². The highest BCUT2D eigenvalue weighted by Gasteiger charge is 2.26. The van der Waals surface area contributed by atoms with E-state index in [9.17, 15) is 14.9 Å². The first-order chi connectivity index (χ1) is 9.38. The molecule has 0 heterocycles. The van der Waals surface area contributed by atoms with Gasteiger partial charge in [-0.05, 0) is 26.2 Å². The number of nitrogens with one attached hydrogen (secondary N) is 1. The maximum Gasteiger partial charge on any atom is 0.306 e. The van der Waals surface area contributed by atoms with Crippen molar-refractivity contribution in [2.45, 2.75) is 0 Å². The van der Waals surface area contributed by atoms with Crippen molar-refractivity contribution >= 4 is 17.3 Å². The minimum absolute atomic E-state index is 0.0201. The minimum atomic E-state index is -0.609. The average molecular weight is 281 g/mol. The van der Waals surface area contributed by atoms with Crippen molar-refractivity contribution < 1.29 is 9.72 Å². The summed E-state index contributed by atoms with van der Waals surface area (Å²) in [5.74, 6) is 4.84. The van der Waals surface area contributed by atoms with Crippen molar-refractivity contribution in [2.75, 3.05) is 39.7 Å². The van der Waals surface area contributed by atoms with Crippen LogP contribution in [0.1, 0.15) is 10.4 Å². The number of likely N-dealkylation sites (N-methyl/N-ethyl adjacent to an activating group) is 2. The van der Waals surface area contributed by atoms with Gasteiger partial charge in [-0.3, -0.25) is 20.8 Å². The van der Waals surface area contributed by atoms with Gasteiger partial charge in [0.15, 0.2) is 0 Å². The number of hydrazine groups is 1. The van der Waals surface area contributed by atoms with Crippen LogP contribution in [0.4, 0.5) is 11.4 Å². The molecule has 0 spiro atoms. The second kappa shape index (κ2) is 6.83. The molecule has 0 aliphatic carbocycles. The Labute approximate surface area is 117 Å². The number of hydrogen-bond acceptors (Lipinski definition) is 6. The number of hydrogen-bond donors (Lipinski definition) is 2. The fourth-order valence-corrected chi connectivity index (χ4v) is 1.69. The third-order valence-electron chi connectivity index (χ3n) is 2.83. The molecular weight excluding hydrogens is 262 g/mol. The highest BCUT2D eigenvalue weighted by Crippen LogP contribution is 2.28. The lowest BCUT2D eigenvalue weighted by atomic mass is 10.1. The number of nitrogens with two attached hydrogens (primary N) is 1. The molecular formula is C12H19N5O3. The second-order valence-corrected chi connectivity index (χ2v) is 4.63. The van der Waals surface area contributed by atoms with Gasteiger partial charge in [0, 0.05) is 20.1 Å². The fourth-order valence-electron chi connectivity index (χ4n) is 1.69. The van der Waals surface area contributed by atoms with Crippen LogP contribution in [0.2, 0.25) is 0 Å². The van der Waals surface area contributed by atoms with Crippen LogP contribution >= 0.6 is 0 Å². The van der Waals surface area contributed by atoms with Crippen LogP contribution in [-0.2, 0) is 0 Å². The average Bonchev–Trinajstić information content (AvgIpc) is 2.42. The highest BCUT2D eigenvalue weighted by molar-refractivity contribution is 6.00. The zero-order valence-corrected chi connectivity index (χ0v) is 11.8. The summed E-state index contributed by atoms with van der Waals surface area (Å²) >= 11 is 0. The smallest absolute Gasteiger partial charge is 0.306 e. The summed E-state index contributed by atoms with van der Waals surface area (Å²) in [6.45, 7) is 1.15. The first-order valence-corrected chi connectivity index (χ1v) is 6.02. The Balaban J connectivity index is 3.06. The second-order valence-electron chi connectivity index (χ2n) is 4.63. The molecule has 0 saturated carbocycles. The third kappa shape index (κ3) is 3.65. The van der Waals surface area contributed by atoms with Gasteiger partial charge in [-0.1, -0.05) is 6.07 Å². The highest BCUT2D eigenvalue weighted by atomic mass is 16.6. The molecule has 1 amide bonds. The van der Waals surface area contributed by atoms with Gasteiger partial charge in [-0.25, -0.2) is 0 Å². The van der Waals surface area contributed by atoms with Gasteiger partial charge >= 0.3 is 5.69 Å². The summed E-state index contributed by atoms with van der Waals surface area (Å²) < 4.78 is 0. The molecule has 110 valence electrons. The molecule has 20 heavy (non-hydrogen) atoms. The Kier molecular flexibility index (Phi) is 5.42. The molecule has 0 bridgehead atoms. The lowest BCUT2D eigenvalue weighted by Gasteiger charge is -2.20. The zero-order chi connectivity index (χ0) is 15.3. The quantitative estimate of drug-likeness (QED) is 0.447. The number of carbonyl (C=O) groups is 1. The number of amides is 1. The number of nitro benzene ring substituents is 1. The fraction of sp³-hybridized carbons (Fsp3) is 0.417. The lowest BCUT2D eigenvalue weighted by molar-refractivity contribution is -0.384.